The third-order valence-electron chi connectivity index (χ3n) is 3.97. The lowest BCUT2D eigenvalue weighted by atomic mass is 10.1. The maximum absolute atomic E-state index is 12.3. The van der Waals surface area contributed by atoms with Gasteiger partial charge < -0.3 is 14.8 Å². The third-order valence-corrected chi connectivity index (χ3v) is 3.97. The van der Waals surface area contributed by atoms with Gasteiger partial charge in [0.1, 0.15) is 5.82 Å². The number of aryl methyl sites for hydroxylation is 1. The van der Waals surface area contributed by atoms with Gasteiger partial charge in [-0.2, -0.15) is 5.10 Å². The van der Waals surface area contributed by atoms with Crippen LogP contribution in [0.3, 0.4) is 0 Å². The van der Waals surface area contributed by atoms with E-state index in [-0.39, 0.29) is 12.5 Å². The zero-order valence-electron chi connectivity index (χ0n) is 15.9. The topological polar surface area (TPSA) is 89.1 Å². The number of hydrogen-bond acceptors (Lipinski definition) is 5. The Labute approximate surface area is 163 Å². The van der Waals surface area contributed by atoms with Gasteiger partial charge in [-0.3, -0.25) is 9.89 Å². The molecule has 7 nitrogen and oxygen atoms in total. The summed E-state index contributed by atoms with van der Waals surface area (Å²) in [5, 5.41) is 9.75. The Morgan fingerprint density at radius 1 is 1.25 bits per heavy atom. The molecule has 0 saturated heterocycles. The molecule has 1 amide bonds. The number of anilines is 1. The number of allylic oxidation sites excluding steroid dienone is 1. The summed E-state index contributed by atoms with van der Waals surface area (Å²) >= 11 is 0. The maximum Gasteiger partial charge on any atom is 0.262 e. The number of carbonyl (C=O) groups excluding carboxylic acids is 1. The van der Waals surface area contributed by atoms with Crippen LogP contribution in [0, 0.1) is 6.92 Å². The van der Waals surface area contributed by atoms with Gasteiger partial charge in [-0.25, -0.2) is 4.98 Å². The van der Waals surface area contributed by atoms with Crippen LogP contribution in [0.1, 0.15) is 11.4 Å². The van der Waals surface area contributed by atoms with Crippen LogP contribution in [-0.4, -0.2) is 34.8 Å². The molecule has 0 spiro atoms. The Balaban J connectivity index is 1.63. The van der Waals surface area contributed by atoms with Crippen molar-refractivity contribution >= 4 is 11.6 Å². The molecule has 0 unspecified atom stereocenters. The van der Waals surface area contributed by atoms with Crippen LogP contribution in [0.25, 0.3) is 11.4 Å². The maximum atomic E-state index is 12.3. The molecule has 2 N–H and O–H groups in total. The molecule has 1 heterocycles. The first-order chi connectivity index (χ1) is 13.6. The van der Waals surface area contributed by atoms with Crippen molar-refractivity contribution in [3.05, 3.63) is 66.5 Å². The Bertz CT molecular complexity index is 981. The molecule has 1 aromatic heterocycles. The van der Waals surface area contributed by atoms with E-state index in [4.69, 9.17) is 9.47 Å². The van der Waals surface area contributed by atoms with Crippen molar-refractivity contribution < 1.29 is 14.3 Å². The average Bonchev–Trinajstić information content (AvgIpc) is 3.14. The number of aromatic amines is 1. The summed E-state index contributed by atoms with van der Waals surface area (Å²) < 4.78 is 11.0. The molecule has 0 atom stereocenters. The molecule has 0 radical (unpaired) electrons. The Morgan fingerprint density at radius 3 is 2.82 bits per heavy atom. The average molecular weight is 378 g/mol. The lowest BCUT2D eigenvalue weighted by Gasteiger charge is -2.12. The number of H-pyrrole nitrogens is 1. The highest BCUT2D eigenvalue weighted by atomic mass is 16.5. The molecule has 0 aliphatic carbocycles. The first kappa shape index (κ1) is 19.2. The summed E-state index contributed by atoms with van der Waals surface area (Å²) in [6.07, 6.45) is 2.55. The van der Waals surface area contributed by atoms with Gasteiger partial charge in [0.05, 0.1) is 7.11 Å². The van der Waals surface area contributed by atoms with Gasteiger partial charge in [0.2, 0.25) is 0 Å². The Hall–Kier alpha value is -3.61. The van der Waals surface area contributed by atoms with E-state index in [0.717, 1.165) is 23.4 Å². The molecule has 0 aliphatic heterocycles. The lowest BCUT2D eigenvalue weighted by Crippen LogP contribution is -2.20. The van der Waals surface area contributed by atoms with E-state index in [1.165, 1.54) is 0 Å². The van der Waals surface area contributed by atoms with E-state index in [9.17, 15) is 4.79 Å². The van der Waals surface area contributed by atoms with Crippen molar-refractivity contribution in [2.75, 3.05) is 19.0 Å². The van der Waals surface area contributed by atoms with Gasteiger partial charge in [-0.05, 0) is 43.2 Å². The largest absolute Gasteiger partial charge is 0.493 e. The molecular formula is C21H22N4O3. The number of benzene rings is 2. The SMILES string of the molecule is C=CCc1ccc(OCC(=O)Nc2cccc(-c3n[nH]c(C)n3)c2)c(OC)c1. The Kier molecular flexibility index (Phi) is 6.06. The van der Waals surface area contributed by atoms with Crippen LogP contribution in [0.2, 0.25) is 0 Å². The highest BCUT2D eigenvalue weighted by Crippen LogP contribution is 2.28. The van der Waals surface area contributed by atoms with Crippen molar-refractivity contribution in [1.82, 2.24) is 15.2 Å². The second kappa shape index (κ2) is 8.85. The number of hydrogen-bond donors (Lipinski definition) is 2. The van der Waals surface area contributed by atoms with Gasteiger partial charge in [-0.1, -0.05) is 24.3 Å². The monoisotopic (exact) mass is 378 g/mol. The zero-order chi connectivity index (χ0) is 19.9. The van der Waals surface area contributed by atoms with Gasteiger partial charge in [0.15, 0.2) is 23.9 Å². The van der Waals surface area contributed by atoms with E-state index in [1.807, 2.05) is 43.3 Å². The lowest BCUT2D eigenvalue weighted by molar-refractivity contribution is -0.118. The molecule has 0 bridgehead atoms. The van der Waals surface area contributed by atoms with Crippen molar-refractivity contribution in [3.63, 3.8) is 0 Å². The summed E-state index contributed by atoms with van der Waals surface area (Å²) in [6, 6.07) is 12.9. The minimum atomic E-state index is -0.277. The summed E-state index contributed by atoms with van der Waals surface area (Å²) in [7, 11) is 1.57. The molecule has 0 saturated carbocycles. The van der Waals surface area contributed by atoms with E-state index in [2.05, 4.69) is 27.1 Å². The van der Waals surface area contributed by atoms with Gasteiger partial charge in [0, 0.05) is 11.3 Å². The minimum absolute atomic E-state index is 0.138. The zero-order valence-corrected chi connectivity index (χ0v) is 15.9. The standard InChI is InChI=1S/C21H22N4O3/c1-4-6-15-9-10-18(19(11-15)27-3)28-13-20(26)23-17-8-5-7-16(12-17)21-22-14(2)24-25-21/h4-5,7-12H,1,6,13H2,2-3H3,(H,23,26)(H,22,24,25). The summed E-state index contributed by atoms with van der Waals surface area (Å²) in [5.74, 6) is 2.12. The van der Waals surface area contributed by atoms with Crippen LogP contribution in [0.4, 0.5) is 5.69 Å². The summed E-state index contributed by atoms with van der Waals surface area (Å²) in [6.45, 7) is 5.42. The fourth-order valence-corrected chi connectivity index (χ4v) is 2.67. The molecule has 28 heavy (non-hydrogen) atoms. The van der Waals surface area contributed by atoms with Crippen molar-refractivity contribution in [3.8, 4) is 22.9 Å². The van der Waals surface area contributed by atoms with Crippen LogP contribution in [0.15, 0.2) is 55.1 Å². The number of aromatic nitrogens is 3. The normalized spacial score (nSPS) is 10.4. The van der Waals surface area contributed by atoms with Crippen molar-refractivity contribution in [2.45, 2.75) is 13.3 Å². The van der Waals surface area contributed by atoms with Crippen molar-refractivity contribution in [2.24, 2.45) is 0 Å². The van der Waals surface area contributed by atoms with Gasteiger partial charge >= 0.3 is 0 Å². The molecule has 3 rings (SSSR count). The number of nitrogens with one attached hydrogen (secondary N) is 2. The molecule has 3 aromatic rings. The number of methoxy groups -OCH3 is 1. The van der Waals surface area contributed by atoms with Crippen molar-refractivity contribution in [1.29, 1.82) is 0 Å². The highest BCUT2D eigenvalue weighted by molar-refractivity contribution is 5.92. The van der Waals surface area contributed by atoms with Crippen LogP contribution in [-0.2, 0) is 11.2 Å². The number of amides is 1. The second-order valence-electron chi connectivity index (χ2n) is 6.14. The number of carbonyl (C=O) groups is 1. The van der Waals surface area contributed by atoms with Crippen LogP contribution >= 0.6 is 0 Å². The minimum Gasteiger partial charge on any atom is -0.493 e. The fraction of sp³-hybridized carbons (Fsp3) is 0.190. The molecule has 2 aromatic carbocycles. The van der Waals surface area contributed by atoms with E-state index in [0.29, 0.717) is 23.0 Å². The van der Waals surface area contributed by atoms with Crippen LogP contribution < -0.4 is 14.8 Å². The molecule has 0 fully saturated rings. The fourth-order valence-electron chi connectivity index (χ4n) is 2.67. The van der Waals surface area contributed by atoms with E-state index >= 15 is 0 Å². The number of ether oxygens (including phenoxy) is 2. The predicted octanol–water partition coefficient (Wildman–Crippen LogP) is 3.53. The van der Waals surface area contributed by atoms with E-state index in [1.54, 1.807) is 19.2 Å². The number of rotatable bonds is 8. The predicted molar refractivity (Wildman–Crippen MR) is 108 cm³/mol. The quantitative estimate of drug-likeness (QED) is 0.585. The van der Waals surface area contributed by atoms with Gasteiger partial charge in [-0.15, -0.1) is 6.58 Å². The molecule has 144 valence electrons. The molecule has 0 aliphatic rings. The molecular weight excluding hydrogens is 356 g/mol. The first-order valence-electron chi connectivity index (χ1n) is 8.79. The second-order valence-corrected chi connectivity index (χ2v) is 6.14. The Morgan fingerprint density at radius 2 is 2.11 bits per heavy atom. The summed E-state index contributed by atoms with van der Waals surface area (Å²) in [4.78, 5) is 16.6. The van der Waals surface area contributed by atoms with E-state index < -0.39 is 0 Å². The first-order valence-corrected chi connectivity index (χ1v) is 8.79. The van der Waals surface area contributed by atoms with Crippen LogP contribution in [0.5, 0.6) is 11.5 Å². The number of nitrogens with zero attached hydrogens (tertiary/aromatic N) is 2. The summed E-state index contributed by atoms with van der Waals surface area (Å²) in [5.41, 5.74) is 2.51. The highest BCUT2D eigenvalue weighted by Gasteiger charge is 2.10. The third kappa shape index (κ3) is 4.76. The molecule has 7 heteroatoms. The van der Waals surface area contributed by atoms with Gasteiger partial charge in [0.25, 0.3) is 5.91 Å². The smallest absolute Gasteiger partial charge is 0.262 e.